The second kappa shape index (κ2) is 7.30. The van der Waals surface area contributed by atoms with Gasteiger partial charge in [0, 0.05) is 0 Å². The van der Waals surface area contributed by atoms with Gasteiger partial charge in [-0.1, -0.05) is 65.2 Å². The van der Waals surface area contributed by atoms with E-state index in [-0.39, 0.29) is 0 Å². The molecule has 90 valence electrons. The SMILES string of the molecule is CCCCCC1(CCC)CCCCCC1. The zero-order valence-corrected chi connectivity index (χ0v) is 11.0. The van der Waals surface area contributed by atoms with Crippen molar-refractivity contribution in [1.82, 2.24) is 0 Å². The van der Waals surface area contributed by atoms with E-state index in [1.165, 1.54) is 77.0 Å². The molecule has 1 rings (SSSR count). The molecule has 0 atom stereocenters. The van der Waals surface area contributed by atoms with Gasteiger partial charge in [-0.15, -0.1) is 0 Å². The molecule has 0 heterocycles. The first-order chi connectivity index (χ1) is 7.33. The van der Waals surface area contributed by atoms with Gasteiger partial charge < -0.3 is 0 Å². The summed E-state index contributed by atoms with van der Waals surface area (Å²) in [6.45, 7) is 4.69. The van der Waals surface area contributed by atoms with Gasteiger partial charge in [-0.25, -0.2) is 0 Å². The molecule has 1 aliphatic carbocycles. The van der Waals surface area contributed by atoms with Crippen LogP contribution in [0.25, 0.3) is 0 Å². The van der Waals surface area contributed by atoms with E-state index in [1.54, 1.807) is 0 Å². The molecule has 0 aromatic heterocycles. The Morgan fingerprint density at radius 1 is 0.733 bits per heavy atom. The summed E-state index contributed by atoms with van der Waals surface area (Å²) >= 11 is 0. The Bertz CT molecular complexity index is 140. The van der Waals surface area contributed by atoms with Gasteiger partial charge >= 0.3 is 0 Å². The zero-order chi connectivity index (χ0) is 11.0. The molecule has 1 fully saturated rings. The Kier molecular flexibility index (Phi) is 6.36. The first-order valence-corrected chi connectivity index (χ1v) is 7.33. The summed E-state index contributed by atoms with van der Waals surface area (Å²) in [4.78, 5) is 0. The van der Waals surface area contributed by atoms with Gasteiger partial charge in [-0.2, -0.15) is 0 Å². The van der Waals surface area contributed by atoms with Gasteiger partial charge in [0.1, 0.15) is 0 Å². The predicted molar refractivity (Wildman–Crippen MR) is 69.2 cm³/mol. The van der Waals surface area contributed by atoms with Crippen molar-refractivity contribution in [3.63, 3.8) is 0 Å². The lowest BCUT2D eigenvalue weighted by Gasteiger charge is -2.33. The van der Waals surface area contributed by atoms with Crippen molar-refractivity contribution in [3.05, 3.63) is 0 Å². The van der Waals surface area contributed by atoms with Crippen LogP contribution in [0.1, 0.15) is 90.9 Å². The molecule has 0 heteroatoms. The predicted octanol–water partition coefficient (Wildman–Crippen LogP) is 5.71. The molecule has 0 unspecified atom stereocenters. The molecule has 0 aromatic carbocycles. The van der Waals surface area contributed by atoms with E-state index in [1.807, 2.05) is 0 Å². The third-order valence-corrected chi connectivity index (χ3v) is 4.26. The number of hydrogen-bond donors (Lipinski definition) is 0. The average molecular weight is 210 g/mol. The highest BCUT2D eigenvalue weighted by Crippen LogP contribution is 2.43. The highest BCUT2D eigenvalue weighted by molar-refractivity contribution is 4.81. The van der Waals surface area contributed by atoms with E-state index >= 15 is 0 Å². The maximum Gasteiger partial charge on any atom is -0.0298 e. The number of rotatable bonds is 6. The minimum atomic E-state index is 0.764. The standard InChI is InChI=1S/C15H30/c1-3-5-8-12-15(11-4-2)13-9-6-7-10-14-15/h3-14H2,1-2H3. The van der Waals surface area contributed by atoms with Crippen LogP contribution >= 0.6 is 0 Å². The van der Waals surface area contributed by atoms with Crippen molar-refractivity contribution < 1.29 is 0 Å². The van der Waals surface area contributed by atoms with Gasteiger partial charge in [0.2, 0.25) is 0 Å². The van der Waals surface area contributed by atoms with E-state index < -0.39 is 0 Å². The topological polar surface area (TPSA) is 0 Å². The molecule has 0 aromatic rings. The summed E-state index contributed by atoms with van der Waals surface area (Å²) < 4.78 is 0. The lowest BCUT2D eigenvalue weighted by atomic mass is 9.73. The minimum Gasteiger partial charge on any atom is -0.0654 e. The first-order valence-electron chi connectivity index (χ1n) is 7.33. The second-order valence-electron chi connectivity index (χ2n) is 5.62. The third kappa shape index (κ3) is 4.57. The molecule has 0 saturated heterocycles. The van der Waals surface area contributed by atoms with Crippen LogP contribution in [-0.4, -0.2) is 0 Å². The fourth-order valence-corrected chi connectivity index (χ4v) is 3.38. The number of hydrogen-bond acceptors (Lipinski definition) is 0. The number of unbranched alkanes of at least 4 members (excludes halogenated alkanes) is 2. The fraction of sp³-hybridized carbons (Fsp3) is 1.00. The van der Waals surface area contributed by atoms with Crippen LogP contribution in [0.15, 0.2) is 0 Å². The Morgan fingerprint density at radius 2 is 1.40 bits per heavy atom. The average Bonchev–Trinajstić information content (AvgIpc) is 2.45. The molecule has 15 heavy (non-hydrogen) atoms. The van der Waals surface area contributed by atoms with E-state index in [0.29, 0.717) is 0 Å². The maximum atomic E-state index is 2.37. The molecule has 0 bridgehead atoms. The highest BCUT2D eigenvalue weighted by atomic mass is 14.3. The summed E-state index contributed by atoms with van der Waals surface area (Å²) in [5, 5.41) is 0. The Hall–Kier alpha value is 0. The maximum absolute atomic E-state index is 2.37. The molecule has 1 aliphatic rings. The van der Waals surface area contributed by atoms with Gasteiger partial charge in [-0.3, -0.25) is 0 Å². The van der Waals surface area contributed by atoms with Crippen LogP contribution in [0, 0.1) is 5.41 Å². The Balaban J connectivity index is 2.42. The fourth-order valence-electron chi connectivity index (χ4n) is 3.38. The largest absolute Gasteiger partial charge is 0.0654 e. The molecule has 0 amide bonds. The second-order valence-corrected chi connectivity index (χ2v) is 5.62. The summed E-state index contributed by atoms with van der Waals surface area (Å²) in [5.74, 6) is 0. The highest BCUT2D eigenvalue weighted by Gasteiger charge is 2.28. The molecule has 1 saturated carbocycles. The first kappa shape index (κ1) is 13.1. The van der Waals surface area contributed by atoms with Crippen LogP contribution in [0.5, 0.6) is 0 Å². The molecular weight excluding hydrogens is 180 g/mol. The Labute approximate surface area is 96.8 Å². The van der Waals surface area contributed by atoms with Crippen LogP contribution in [0.2, 0.25) is 0 Å². The molecule has 0 N–H and O–H groups in total. The summed E-state index contributed by atoms with van der Waals surface area (Å²) in [7, 11) is 0. The van der Waals surface area contributed by atoms with Crippen molar-refractivity contribution in [1.29, 1.82) is 0 Å². The van der Waals surface area contributed by atoms with Gasteiger partial charge in [0.15, 0.2) is 0 Å². The van der Waals surface area contributed by atoms with E-state index in [4.69, 9.17) is 0 Å². The van der Waals surface area contributed by atoms with Crippen molar-refractivity contribution in [2.45, 2.75) is 90.9 Å². The molecule has 0 radical (unpaired) electrons. The normalized spacial score (nSPS) is 21.2. The van der Waals surface area contributed by atoms with Crippen molar-refractivity contribution in [3.8, 4) is 0 Å². The molecule has 0 spiro atoms. The summed E-state index contributed by atoms with van der Waals surface area (Å²) in [6.07, 6.45) is 17.8. The van der Waals surface area contributed by atoms with Crippen molar-refractivity contribution >= 4 is 0 Å². The van der Waals surface area contributed by atoms with Crippen LogP contribution in [0.4, 0.5) is 0 Å². The van der Waals surface area contributed by atoms with Gasteiger partial charge in [0.25, 0.3) is 0 Å². The molecule has 0 nitrogen and oxygen atoms in total. The lowest BCUT2D eigenvalue weighted by molar-refractivity contribution is 0.194. The monoisotopic (exact) mass is 210 g/mol. The lowest BCUT2D eigenvalue weighted by Crippen LogP contribution is -2.19. The van der Waals surface area contributed by atoms with Gasteiger partial charge in [0.05, 0.1) is 0 Å². The minimum absolute atomic E-state index is 0.764. The van der Waals surface area contributed by atoms with Crippen molar-refractivity contribution in [2.24, 2.45) is 5.41 Å². The quantitative estimate of drug-likeness (QED) is 0.389. The van der Waals surface area contributed by atoms with E-state index in [0.717, 1.165) is 5.41 Å². The van der Waals surface area contributed by atoms with Crippen LogP contribution in [0.3, 0.4) is 0 Å². The summed E-state index contributed by atoms with van der Waals surface area (Å²) in [5.41, 5.74) is 0.764. The van der Waals surface area contributed by atoms with Gasteiger partial charge in [-0.05, 0) is 31.1 Å². The molecule has 0 aliphatic heterocycles. The van der Waals surface area contributed by atoms with Crippen LogP contribution < -0.4 is 0 Å². The zero-order valence-electron chi connectivity index (χ0n) is 11.0. The van der Waals surface area contributed by atoms with E-state index in [9.17, 15) is 0 Å². The Morgan fingerprint density at radius 3 is 1.93 bits per heavy atom. The van der Waals surface area contributed by atoms with Crippen molar-refractivity contribution in [2.75, 3.05) is 0 Å². The smallest absolute Gasteiger partial charge is 0.0298 e. The molecular formula is C15H30. The van der Waals surface area contributed by atoms with E-state index in [2.05, 4.69) is 13.8 Å². The van der Waals surface area contributed by atoms with Crippen LogP contribution in [-0.2, 0) is 0 Å². The summed E-state index contributed by atoms with van der Waals surface area (Å²) in [6, 6.07) is 0. The third-order valence-electron chi connectivity index (χ3n) is 4.26.